The van der Waals surface area contributed by atoms with Crippen LogP contribution < -0.4 is 0 Å². The van der Waals surface area contributed by atoms with Crippen molar-refractivity contribution in [1.29, 1.82) is 0 Å². The summed E-state index contributed by atoms with van der Waals surface area (Å²) in [5, 5.41) is 0. The molecule has 2 aromatic rings. The van der Waals surface area contributed by atoms with Gasteiger partial charge in [0, 0.05) is 20.9 Å². The van der Waals surface area contributed by atoms with E-state index in [2.05, 4.69) is 4.98 Å². The number of rotatable bonds is 1. The largest absolute Gasteiger partial charge is 0.433 e. The van der Waals surface area contributed by atoms with E-state index < -0.39 is 17.7 Å². The monoisotopic (exact) mass is 367 g/mol. The molecule has 0 unspecified atom stereocenters. The topological polar surface area (TPSA) is 12.9 Å². The second kappa shape index (κ2) is 4.83. The summed E-state index contributed by atoms with van der Waals surface area (Å²) in [5.74, 6) is -0.581. The zero-order valence-electron chi connectivity index (χ0n) is 8.80. The molecule has 1 aromatic carbocycles. The molecule has 0 bridgehead atoms. The summed E-state index contributed by atoms with van der Waals surface area (Å²) in [5.41, 5.74) is -0.932. The summed E-state index contributed by atoms with van der Waals surface area (Å²) in [4.78, 5) is 3.35. The van der Waals surface area contributed by atoms with Crippen LogP contribution in [0.4, 0.5) is 17.6 Å². The molecule has 0 spiro atoms. The fourth-order valence-corrected chi connectivity index (χ4v) is 2.18. The van der Waals surface area contributed by atoms with Gasteiger partial charge in [0.2, 0.25) is 0 Å². The molecule has 0 atom stereocenters. The number of benzene rings is 1. The maximum absolute atomic E-state index is 13.2. The summed E-state index contributed by atoms with van der Waals surface area (Å²) >= 11 is 1.86. The summed E-state index contributed by atoms with van der Waals surface area (Å²) < 4.78 is 52.1. The minimum Gasteiger partial charge on any atom is -0.251 e. The van der Waals surface area contributed by atoms with E-state index in [4.69, 9.17) is 0 Å². The predicted molar refractivity (Wildman–Crippen MR) is 67.4 cm³/mol. The van der Waals surface area contributed by atoms with Gasteiger partial charge in [-0.15, -0.1) is 0 Å². The van der Waals surface area contributed by atoms with Crippen LogP contribution >= 0.6 is 22.6 Å². The van der Waals surface area contributed by atoms with Gasteiger partial charge in [-0.05, 0) is 46.9 Å². The number of aromatic nitrogens is 1. The molecule has 0 amide bonds. The molecule has 0 N–H and O–H groups in total. The maximum Gasteiger partial charge on any atom is 0.433 e. The van der Waals surface area contributed by atoms with Crippen molar-refractivity contribution in [1.82, 2.24) is 4.98 Å². The van der Waals surface area contributed by atoms with Gasteiger partial charge in [-0.2, -0.15) is 13.2 Å². The van der Waals surface area contributed by atoms with Crippen molar-refractivity contribution >= 4 is 22.6 Å². The van der Waals surface area contributed by atoms with Crippen molar-refractivity contribution in [3.63, 3.8) is 0 Å². The van der Waals surface area contributed by atoms with E-state index in [-0.39, 0.29) is 11.1 Å². The highest BCUT2D eigenvalue weighted by Gasteiger charge is 2.35. The summed E-state index contributed by atoms with van der Waals surface area (Å²) in [6.07, 6.45) is -3.50. The van der Waals surface area contributed by atoms with Crippen molar-refractivity contribution in [2.45, 2.75) is 6.18 Å². The first kappa shape index (κ1) is 13.3. The Hall–Kier alpha value is -1.18. The number of halogens is 5. The minimum atomic E-state index is -4.56. The van der Waals surface area contributed by atoms with Crippen LogP contribution in [0.2, 0.25) is 0 Å². The highest BCUT2D eigenvalue weighted by molar-refractivity contribution is 14.1. The molecule has 1 nitrogen and oxygen atoms in total. The lowest BCUT2D eigenvalue weighted by molar-refractivity contribution is -0.140. The number of hydrogen-bond acceptors (Lipinski definition) is 1. The van der Waals surface area contributed by atoms with Crippen LogP contribution in [-0.4, -0.2) is 4.98 Å². The zero-order chi connectivity index (χ0) is 13.3. The van der Waals surface area contributed by atoms with Gasteiger partial charge in [0.1, 0.15) is 5.82 Å². The first-order chi connectivity index (χ1) is 8.39. The Bertz CT molecular complexity index is 581. The molecule has 0 saturated carbocycles. The summed E-state index contributed by atoms with van der Waals surface area (Å²) in [6, 6.07) is 6.39. The Labute approximate surface area is 114 Å². The molecular formula is C12H6F4IN. The third-order valence-electron chi connectivity index (χ3n) is 2.29. The van der Waals surface area contributed by atoms with Gasteiger partial charge >= 0.3 is 6.18 Å². The van der Waals surface area contributed by atoms with Crippen LogP contribution in [0.3, 0.4) is 0 Å². The molecule has 0 fully saturated rings. The Morgan fingerprint density at radius 2 is 1.78 bits per heavy atom. The van der Waals surface area contributed by atoms with Crippen molar-refractivity contribution in [3.8, 4) is 11.1 Å². The second-order valence-corrected chi connectivity index (χ2v) is 4.68. The third-order valence-corrected chi connectivity index (χ3v) is 3.24. The third kappa shape index (κ3) is 2.63. The van der Waals surface area contributed by atoms with Crippen LogP contribution in [0.15, 0.2) is 36.5 Å². The van der Waals surface area contributed by atoms with Gasteiger partial charge < -0.3 is 0 Å². The van der Waals surface area contributed by atoms with E-state index in [1.807, 2.05) is 22.6 Å². The lowest BCUT2D eigenvalue weighted by Crippen LogP contribution is -2.10. The fourth-order valence-electron chi connectivity index (χ4n) is 1.55. The Kier molecular flexibility index (Phi) is 3.56. The highest BCUT2D eigenvalue weighted by atomic mass is 127. The van der Waals surface area contributed by atoms with Crippen LogP contribution in [0.5, 0.6) is 0 Å². The van der Waals surface area contributed by atoms with E-state index in [9.17, 15) is 17.6 Å². The zero-order valence-corrected chi connectivity index (χ0v) is 11.0. The van der Waals surface area contributed by atoms with Gasteiger partial charge in [0.15, 0.2) is 5.69 Å². The molecule has 0 radical (unpaired) electrons. The van der Waals surface area contributed by atoms with Crippen molar-refractivity contribution in [2.75, 3.05) is 0 Å². The molecule has 0 aliphatic carbocycles. The Balaban J connectivity index is 2.68. The molecule has 1 heterocycles. The Morgan fingerprint density at radius 3 is 2.44 bits per heavy atom. The van der Waals surface area contributed by atoms with E-state index in [0.29, 0.717) is 3.57 Å². The average Bonchev–Trinajstić information content (AvgIpc) is 2.31. The van der Waals surface area contributed by atoms with Crippen molar-refractivity contribution in [2.24, 2.45) is 0 Å². The first-order valence-corrected chi connectivity index (χ1v) is 5.95. The number of hydrogen-bond donors (Lipinski definition) is 0. The molecule has 18 heavy (non-hydrogen) atoms. The van der Waals surface area contributed by atoms with E-state index in [0.717, 1.165) is 12.3 Å². The molecule has 94 valence electrons. The maximum atomic E-state index is 13.2. The molecule has 0 aliphatic heterocycles. The molecule has 2 rings (SSSR count). The van der Waals surface area contributed by atoms with Gasteiger partial charge in [0.25, 0.3) is 0 Å². The minimum absolute atomic E-state index is 0.117. The number of alkyl halides is 3. The SMILES string of the molecule is Fc1ccc(I)c(-c2cccnc2C(F)(F)F)c1. The quantitative estimate of drug-likeness (QED) is 0.534. The summed E-state index contributed by atoms with van der Waals surface area (Å²) in [6.45, 7) is 0. The average molecular weight is 367 g/mol. The van der Waals surface area contributed by atoms with Crippen LogP contribution in [0.25, 0.3) is 11.1 Å². The fraction of sp³-hybridized carbons (Fsp3) is 0.0833. The highest BCUT2D eigenvalue weighted by Crippen LogP contribution is 2.37. The molecule has 6 heteroatoms. The van der Waals surface area contributed by atoms with Gasteiger partial charge in [-0.25, -0.2) is 4.39 Å². The van der Waals surface area contributed by atoms with Gasteiger partial charge in [-0.1, -0.05) is 6.07 Å². The second-order valence-electron chi connectivity index (χ2n) is 3.52. The Morgan fingerprint density at radius 1 is 1.06 bits per heavy atom. The number of pyridine rings is 1. The van der Waals surface area contributed by atoms with Crippen molar-refractivity contribution < 1.29 is 17.6 Å². The van der Waals surface area contributed by atoms with Crippen LogP contribution in [0.1, 0.15) is 5.69 Å². The number of nitrogens with zero attached hydrogens (tertiary/aromatic N) is 1. The smallest absolute Gasteiger partial charge is 0.251 e. The molecule has 0 aliphatic rings. The van der Waals surface area contributed by atoms with E-state index in [1.54, 1.807) is 0 Å². The lowest BCUT2D eigenvalue weighted by atomic mass is 10.0. The lowest BCUT2D eigenvalue weighted by Gasteiger charge is -2.12. The van der Waals surface area contributed by atoms with Gasteiger partial charge in [-0.3, -0.25) is 4.98 Å². The summed E-state index contributed by atoms with van der Waals surface area (Å²) in [7, 11) is 0. The van der Waals surface area contributed by atoms with E-state index >= 15 is 0 Å². The first-order valence-electron chi connectivity index (χ1n) is 4.87. The molecular weight excluding hydrogens is 361 g/mol. The van der Waals surface area contributed by atoms with Crippen molar-refractivity contribution in [3.05, 3.63) is 51.6 Å². The molecule has 1 aromatic heterocycles. The van der Waals surface area contributed by atoms with Gasteiger partial charge in [0.05, 0.1) is 0 Å². The van der Waals surface area contributed by atoms with Crippen LogP contribution in [0, 0.1) is 9.39 Å². The normalized spacial score (nSPS) is 11.6. The molecule has 0 saturated heterocycles. The van der Waals surface area contributed by atoms with Crippen LogP contribution in [-0.2, 0) is 6.18 Å². The standard InChI is InChI=1S/C12H6F4IN/c13-7-3-4-10(17)9(6-7)8-2-1-5-18-11(8)12(14,15)16/h1-6H. The van der Waals surface area contributed by atoms with E-state index in [1.165, 1.54) is 24.3 Å². The predicted octanol–water partition coefficient (Wildman–Crippen LogP) is 4.51.